The molecule has 0 radical (unpaired) electrons. The lowest BCUT2D eigenvalue weighted by atomic mass is 10.1. The maximum atomic E-state index is 11.3. The van der Waals surface area contributed by atoms with E-state index in [1.54, 1.807) is 6.07 Å². The summed E-state index contributed by atoms with van der Waals surface area (Å²) < 4.78 is 0. The molecule has 0 spiro atoms. The highest BCUT2D eigenvalue weighted by Gasteiger charge is 2.27. The van der Waals surface area contributed by atoms with E-state index in [-0.39, 0.29) is 18.5 Å². The number of carbonyl (C=O) groups excluding carboxylic acids is 2. The number of nitrogens with one attached hydrogen (secondary N) is 1. The maximum absolute atomic E-state index is 11.3. The molecular formula is C11H13N3O2. The van der Waals surface area contributed by atoms with Gasteiger partial charge >= 0.3 is 6.03 Å². The molecule has 1 fully saturated rings. The fraction of sp³-hybridized carbons (Fsp3) is 0.273. The molecule has 5 nitrogen and oxygen atoms in total. The van der Waals surface area contributed by atoms with Crippen LogP contribution in [-0.2, 0) is 11.2 Å². The van der Waals surface area contributed by atoms with Crippen LogP contribution in [0.3, 0.4) is 0 Å². The molecule has 1 heterocycles. The van der Waals surface area contributed by atoms with E-state index >= 15 is 0 Å². The molecule has 3 amide bonds. The summed E-state index contributed by atoms with van der Waals surface area (Å²) in [5, 5.41) is 2.48. The van der Waals surface area contributed by atoms with Gasteiger partial charge in [0.1, 0.15) is 0 Å². The third-order valence-electron chi connectivity index (χ3n) is 2.51. The molecule has 0 aromatic heterocycles. The Hall–Kier alpha value is -2.04. The molecule has 0 aliphatic carbocycles. The molecule has 1 aromatic carbocycles. The highest BCUT2D eigenvalue weighted by molar-refractivity contribution is 6.01. The number of hydrogen-bond donors (Lipinski definition) is 2. The molecule has 3 N–H and O–H groups in total. The van der Waals surface area contributed by atoms with Gasteiger partial charge in [0.25, 0.3) is 0 Å². The van der Waals surface area contributed by atoms with Crippen molar-refractivity contribution in [3.63, 3.8) is 0 Å². The van der Waals surface area contributed by atoms with Crippen molar-refractivity contribution in [2.45, 2.75) is 6.42 Å². The van der Waals surface area contributed by atoms with Crippen LogP contribution in [0.4, 0.5) is 10.5 Å². The second-order valence-electron chi connectivity index (χ2n) is 3.70. The molecule has 0 atom stereocenters. The van der Waals surface area contributed by atoms with Crippen molar-refractivity contribution in [1.29, 1.82) is 0 Å². The zero-order chi connectivity index (χ0) is 11.5. The van der Waals surface area contributed by atoms with Crippen LogP contribution in [0, 0.1) is 0 Å². The number of nitrogen functional groups attached to an aromatic ring is 1. The lowest BCUT2D eigenvalue weighted by molar-refractivity contribution is -0.124. The number of nitrogens with zero attached hydrogens (tertiary/aromatic N) is 1. The van der Waals surface area contributed by atoms with Gasteiger partial charge in [-0.05, 0) is 24.1 Å². The summed E-state index contributed by atoms with van der Waals surface area (Å²) >= 11 is 0. The van der Waals surface area contributed by atoms with E-state index in [1.807, 2.05) is 18.2 Å². The zero-order valence-corrected chi connectivity index (χ0v) is 8.77. The van der Waals surface area contributed by atoms with Crippen molar-refractivity contribution < 1.29 is 9.59 Å². The smallest absolute Gasteiger partial charge is 0.324 e. The Morgan fingerprint density at radius 1 is 1.38 bits per heavy atom. The van der Waals surface area contributed by atoms with E-state index in [1.165, 1.54) is 4.90 Å². The molecule has 1 saturated heterocycles. The Kier molecular flexibility index (Phi) is 2.76. The first-order valence-electron chi connectivity index (χ1n) is 5.09. The minimum absolute atomic E-state index is 0.107. The first kappa shape index (κ1) is 10.5. The second-order valence-corrected chi connectivity index (χ2v) is 3.70. The van der Waals surface area contributed by atoms with Crippen molar-refractivity contribution in [3.8, 4) is 0 Å². The van der Waals surface area contributed by atoms with Gasteiger partial charge < -0.3 is 11.1 Å². The van der Waals surface area contributed by atoms with Gasteiger partial charge in [-0.2, -0.15) is 0 Å². The Bertz CT molecular complexity index is 415. The van der Waals surface area contributed by atoms with Crippen LogP contribution in [0.15, 0.2) is 24.3 Å². The Labute approximate surface area is 93.2 Å². The molecule has 1 aromatic rings. The molecular weight excluding hydrogens is 206 g/mol. The number of hydrogen-bond acceptors (Lipinski definition) is 3. The molecule has 1 aliphatic heterocycles. The predicted octanol–water partition coefficient (Wildman–Crippen LogP) is 0.363. The average Bonchev–Trinajstić information content (AvgIpc) is 2.56. The summed E-state index contributed by atoms with van der Waals surface area (Å²) in [4.78, 5) is 23.8. The highest BCUT2D eigenvalue weighted by atomic mass is 16.2. The van der Waals surface area contributed by atoms with E-state index in [9.17, 15) is 9.59 Å². The van der Waals surface area contributed by atoms with E-state index < -0.39 is 0 Å². The lowest BCUT2D eigenvalue weighted by Gasteiger charge is -2.12. The number of urea groups is 1. The topological polar surface area (TPSA) is 75.4 Å². The number of amides is 3. The van der Waals surface area contributed by atoms with E-state index in [0.717, 1.165) is 5.56 Å². The van der Waals surface area contributed by atoms with E-state index in [4.69, 9.17) is 5.73 Å². The SMILES string of the molecule is Nc1cccc(CCN2C(=O)CNC2=O)c1. The summed E-state index contributed by atoms with van der Waals surface area (Å²) in [5.74, 6) is -0.172. The van der Waals surface area contributed by atoms with Gasteiger partial charge in [-0.3, -0.25) is 9.69 Å². The van der Waals surface area contributed by atoms with Crippen molar-refractivity contribution in [1.82, 2.24) is 10.2 Å². The monoisotopic (exact) mass is 219 g/mol. The largest absolute Gasteiger partial charge is 0.399 e. The fourth-order valence-corrected chi connectivity index (χ4v) is 1.67. The van der Waals surface area contributed by atoms with Crippen LogP contribution in [0.5, 0.6) is 0 Å². The third kappa shape index (κ3) is 2.13. The van der Waals surface area contributed by atoms with Gasteiger partial charge in [-0.1, -0.05) is 12.1 Å². The third-order valence-corrected chi connectivity index (χ3v) is 2.51. The predicted molar refractivity (Wildman–Crippen MR) is 59.7 cm³/mol. The summed E-state index contributed by atoms with van der Waals surface area (Å²) in [6.45, 7) is 0.504. The van der Waals surface area contributed by atoms with Gasteiger partial charge in [0.05, 0.1) is 6.54 Å². The minimum Gasteiger partial charge on any atom is -0.399 e. The van der Waals surface area contributed by atoms with Crippen molar-refractivity contribution in [2.24, 2.45) is 0 Å². The molecule has 2 rings (SSSR count). The lowest BCUT2D eigenvalue weighted by Crippen LogP contribution is -2.32. The summed E-state index contributed by atoms with van der Waals surface area (Å²) in [6.07, 6.45) is 0.629. The molecule has 0 saturated carbocycles. The normalized spacial score (nSPS) is 15.4. The zero-order valence-electron chi connectivity index (χ0n) is 8.77. The standard InChI is InChI=1S/C11H13N3O2/c12-9-3-1-2-8(6-9)4-5-14-10(15)7-13-11(14)16/h1-3,6H,4-5,7,12H2,(H,13,16). The maximum Gasteiger partial charge on any atom is 0.324 e. The van der Waals surface area contributed by atoms with Crippen molar-refractivity contribution in [3.05, 3.63) is 29.8 Å². The van der Waals surface area contributed by atoms with Crippen molar-refractivity contribution in [2.75, 3.05) is 18.8 Å². The molecule has 16 heavy (non-hydrogen) atoms. The second kappa shape index (κ2) is 4.22. The number of rotatable bonds is 3. The Balaban J connectivity index is 1.97. The minimum atomic E-state index is -0.311. The van der Waals surface area contributed by atoms with Crippen LogP contribution in [-0.4, -0.2) is 29.9 Å². The van der Waals surface area contributed by atoms with Crippen molar-refractivity contribution >= 4 is 17.6 Å². The fourth-order valence-electron chi connectivity index (χ4n) is 1.67. The van der Waals surface area contributed by atoms with Gasteiger partial charge in [-0.25, -0.2) is 4.79 Å². The van der Waals surface area contributed by atoms with Gasteiger partial charge in [0.2, 0.25) is 5.91 Å². The number of carbonyl (C=O) groups is 2. The van der Waals surface area contributed by atoms with Gasteiger partial charge in [0.15, 0.2) is 0 Å². The van der Waals surface area contributed by atoms with Crippen LogP contribution in [0.25, 0.3) is 0 Å². The van der Waals surface area contributed by atoms with Crippen LogP contribution >= 0.6 is 0 Å². The number of anilines is 1. The highest BCUT2D eigenvalue weighted by Crippen LogP contribution is 2.09. The van der Waals surface area contributed by atoms with Crippen LogP contribution in [0.1, 0.15) is 5.56 Å². The van der Waals surface area contributed by atoms with Gasteiger partial charge in [-0.15, -0.1) is 0 Å². The van der Waals surface area contributed by atoms with Crippen LogP contribution < -0.4 is 11.1 Å². The van der Waals surface area contributed by atoms with E-state index in [2.05, 4.69) is 5.32 Å². The molecule has 84 valence electrons. The summed E-state index contributed by atoms with van der Waals surface area (Å²) in [7, 11) is 0. The first-order valence-corrected chi connectivity index (χ1v) is 5.09. The molecule has 5 heteroatoms. The average molecular weight is 219 g/mol. The number of nitrogens with two attached hydrogens (primary N) is 1. The quantitative estimate of drug-likeness (QED) is 0.569. The Morgan fingerprint density at radius 2 is 2.19 bits per heavy atom. The van der Waals surface area contributed by atoms with Crippen LogP contribution in [0.2, 0.25) is 0 Å². The number of imide groups is 1. The molecule has 0 bridgehead atoms. The molecule has 0 unspecified atom stereocenters. The number of benzene rings is 1. The Morgan fingerprint density at radius 3 is 2.81 bits per heavy atom. The molecule has 1 aliphatic rings. The van der Waals surface area contributed by atoms with Gasteiger partial charge in [0, 0.05) is 12.2 Å². The summed E-state index contributed by atoms with van der Waals surface area (Å²) in [6, 6.07) is 7.12. The first-order chi connectivity index (χ1) is 7.66. The summed E-state index contributed by atoms with van der Waals surface area (Å²) in [5.41, 5.74) is 7.35. The van der Waals surface area contributed by atoms with E-state index in [0.29, 0.717) is 18.7 Å².